The number of ether oxygens (including phenoxy) is 3. The van der Waals surface area contributed by atoms with Crippen LogP contribution in [0.15, 0.2) is 23.2 Å². The summed E-state index contributed by atoms with van der Waals surface area (Å²) in [5.41, 5.74) is 6.98. The normalized spacial score (nSPS) is 14.0. The van der Waals surface area contributed by atoms with Gasteiger partial charge >= 0.3 is 0 Å². The molecule has 0 spiro atoms. The number of nitrogens with one attached hydrogen (secondary N) is 1. The smallest absolute Gasteiger partial charge is 0.188 e. The van der Waals surface area contributed by atoms with Crippen molar-refractivity contribution in [3.8, 4) is 11.5 Å². The molecule has 3 N–H and O–H groups in total. The highest BCUT2D eigenvalue weighted by Gasteiger charge is 2.20. The zero-order valence-corrected chi connectivity index (χ0v) is 16.7. The van der Waals surface area contributed by atoms with E-state index in [1.807, 2.05) is 18.2 Å². The van der Waals surface area contributed by atoms with Crippen LogP contribution in [0.4, 0.5) is 0 Å². The van der Waals surface area contributed by atoms with Gasteiger partial charge in [0.25, 0.3) is 0 Å². The average molecular weight is 449 g/mol. The van der Waals surface area contributed by atoms with Crippen molar-refractivity contribution in [1.29, 1.82) is 0 Å². The van der Waals surface area contributed by atoms with E-state index >= 15 is 0 Å². The molecule has 0 aromatic heterocycles. The number of hydrogen-bond acceptors (Lipinski definition) is 4. The fraction of sp³-hybridized carbons (Fsp3) is 0.588. The van der Waals surface area contributed by atoms with Gasteiger partial charge in [0.05, 0.1) is 27.4 Å². The van der Waals surface area contributed by atoms with E-state index in [2.05, 4.69) is 10.3 Å². The summed E-state index contributed by atoms with van der Waals surface area (Å²) >= 11 is 0. The number of benzene rings is 1. The van der Waals surface area contributed by atoms with Gasteiger partial charge in [-0.2, -0.15) is 0 Å². The number of aliphatic imine (C=N–C) groups is 1. The number of hydrogen-bond donors (Lipinski definition) is 2. The van der Waals surface area contributed by atoms with Crippen molar-refractivity contribution in [2.45, 2.75) is 19.3 Å². The number of nitrogens with zero attached hydrogens (tertiary/aromatic N) is 1. The molecule has 0 aliphatic heterocycles. The molecule has 7 heteroatoms. The molecule has 1 aromatic carbocycles. The SMILES string of the molecule is COc1ccc(CCNC(N)=NCCOCC2CC2)cc1OC.I. The Morgan fingerprint density at radius 3 is 2.67 bits per heavy atom. The second-order valence-corrected chi connectivity index (χ2v) is 5.65. The Labute approximate surface area is 161 Å². The number of rotatable bonds is 10. The van der Waals surface area contributed by atoms with Gasteiger partial charge in [-0.25, -0.2) is 0 Å². The highest BCUT2D eigenvalue weighted by molar-refractivity contribution is 14.0. The molecule has 0 radical (unpaired) electrons. The Balaban J connectivity index is 0.00000288. The van der Waals surface area contributed by atoms with Crippen molar-refractivity contribution in [3.05, 3.63) is 23.8 Å². The predicted molar refractivity (Wildman–Crippen MR) is 107 cm³/mol. The predicted octanol–water partition coefficient (Wildman–Crippen LogP) is 2.20. The van der Waals surface area contributed by atoms with E-state index < -0.39 is 0 Å². The van der Waals surface area contributed by atoms with Crippen LogP contribution in [0.3, 0.4) is 0 Å². The lowest BCUT2D eigenvalue weighted by molar-refractivity contribution is 0.132. The molecule has 1 aliphatic rings. The third-order valence-corrected chi connectivity index (χ3v) is 3.74. The molecule has 1 saturated carbocycles. The maximum atomic E-state index is 5.83. The van der Waals surface area contributed by atoms with Gasteiger partial charge in [-0.05, 0) is 42.9 Å². The number of guanidine groups is 1. The first-order valence-corrected chi connectivity index (χ1v) is 8.05. The highest BCUT2D eigenvalue weighted by Crippen LogP contribution is 2.28. The summed E-state index contributed by atoms with van der Waals surface area (Å²) in [4.78, 5) is 4.25. The van der Waals surface area contributed by atoms with Crippen molar-refractivity contribution in [1.82, 2.24) is 5.32 Å². The topological polar surface area (TPSA) is 78.1 Å². The van der Waals surface area contributed by atoms with E-state index in [4.69, 9.17) is 19.9 Å². The molecule has 136 valence electrons. The van der Waals surface area contributed by atoms with Gasteiger partial charge in [-0.3, -0.25) is 4.99 Å². The molecule has 1 aliphatic carbocycles. The minimum Gasteiger partial charge on any atom is -0.493 e. The van der Waals surface area contributed by atoms with Crippen molar-refractivity contribution >= 4 is 29.9 Å². The van der Waals surface area contributed by atoms with E-state index in [0.717, 1.165) is 36.0 Å². The first kappa shape index (κ1) is 20.8. The maximum absolute atomic E-state index is 5.83. The van der Waals surface area contributed by atoms with Crippen molar-refractivity contribution in [3.63, 3.8) is 0 Å². The molecule has 6 nitrogen and oxygen atoms in total. The van der Waals surface area contributed by atoms with Crippen molar-refractivity contribution < 1.29 is 14.2 Å². The van der Waals surface area contributed by atoms with Crippen LogP contribution in [0.5, 0.6) is 11.5 Å². The second kappa shape index (κ2) is 11.4. The minimum absolute atomic E-state index is 0. The van der Waals surface area contributed by atoms with Crippen molar-refractivity contribution in [2.24, 2.45) is 16.6 Å². The van der Waals surface area contributed by atoms with Crippen LogP contribution in [-0.4, -0.2) is 46.5 Å². The molecule has 0 heterocycles. The Morgan fingerprint density at radius 2 is 2.00 bits per heavy atom. The quantitative estimate of drug-likeness (QED) is 0.248. The molecule has 0 saturated heterocycles. The lowest BCUT2D eigenvalue weighted by atomic mass is 10.1. The summed E-state index contributed by atoms with van der Waals surface area (Å²) in [6.45, 7) is 2.81. The standard InChI is InChI=1S/C17H27N3O3.HI/c1-21-15-6-5-13(11-16(15)22-2)7-8-19-17(18)20-9-10-23-12-14-3-4-14;/h5-6,11,14H,3-4,7-10,12H2,1-2H3,(H3,18,19,20);1H. The average Bonchev–Trinajstić information content (AvgIpc) is 3.38. The molecule has 0 unspecified atom stereocenters. The number of nitrogens with two attached hydrogens (primary N) is 1. The molecule has 2 rings (SSSR count). The summed E-state index contributed by atoms with van der Waals surface area (Å²) in [7, 11) is 3.26. The molecule has 1 fully saturated rings. The molecular formula is C17H28IN3O3. The third kappa shape index (κ3) is 7.57. The Hall–Kier alpha value is -1.22. The third-order valence-electron chi connectivity index (χ3n) is 3.74. The number of halogens is 1. The van der Waals surface area contributed by atoms with E-state index in [1.165, 1.54) is 12.8 Å². The van der Waals surface area contributed by atoms with Gasteiger partial charge < -0.3 is 25.3 Å². The van der Waals surface area contributed by atoms with Gasteiger partial charge in [-0.1, -0.05) is 6.07 Å². The van der Waals surface area contributed by atoms with Crippen LogP contribution < -0.4 is 20.5 Å². The number of methoxy groups -OCH3 is 2. The van der Waals surface area contributed by atoms with Crippen molar-refractivity contribution in [2.75, 3.05) is 40.5 Å². The Kier molecular flexibility index (Phi) is 9.85. The summed E-state index contributed by atoms with van der Waals surface area (Å²) in [6, 6.07) is 5.89. The summed E-state index contributed by atoms with van der Waals surface area (Å²) in [6.07, 6.45) is 3.45. The molecule has 1 aromatic rings. The molecule has 0 bridgehead atoms. The molecular weight excluding hydrogens is 421 g/mol. The van der Waals surface area contributed by atoms with E-state index in [-0.39, 0.29) is 24.0 Å². The first-order valence-electron chi connectivity index (χ1n) is 8.05. The summed E-state index contributed by atoms with van der Waals surface area (Å²) in [5.74, 6) is 2.72. The minimum atomic E-state index is 0. The van der Waals surface area contributed by atoms with Gasteiger partial charge in [-0.15, -0.1) is 24.0 Å². The van der Waals surface area contributed by atoms with Gasteiger partial charge in [0.2, 0.25) is 0 Å². The molecule has 0 amide bonds. The van der Waals surface area contributed by atoms with Crippen LogP contribution in [0, 0.1) is 5.92 Å². The van der Waals surface area contributed by atoms with E-state index in [9.17, 15) is 0 Å². The van der Waals surface area contributed by atoms with E-state index in [1.54, 1.807) is 14.2 Å². The Bertz CT molecular complexity index is 522. The van der Waals surface area contributed by atoms with Crippen LogP contribution in [0.1, 0.15) is 18.4 Å². The molecule has 24 heavy (non-hydrogen) atoms. The zero-order valence-electron chi connectivity index (χ0n) is 14.4. The second-order valence-electron chi connectivity index (χ2n) is 5.65. The van der Waals surface area contributed by atoms with Crippen LogP contribution in [0.25, 0.3) is 0 Å². The maximum Gasteiger partial charge on any atom is 0.188 e. The van der Waals surface area contributed by atoms with Crippen LogP contribution in [0.2, 0.25) is 0 Å². The van der Waals surface area contributed by atoms with Crippen LogP contribution in [-0.2, 0) is 11.2 Å². The van der Waals surface area contributed by atoms with Gasteiger partial charge in [0, 0.05) is 13.2 Å². The highest BCUT2D eigenvalue weighted by atomic mass is 127. The van der Waals surface area contributed by atoms with Gasteiger partial charge in [0.1, 0.15) is 0 Å². The zero-order chi connectivity index (χ0) is 16.5. The fourth-order valence-corrected chi connectivity index (χ4v) is 2.19. The van der Waals surface area contributed by atoms with Gasteiger partial charge in [0.15, 0.2) is 17.5 Å². The summed E-state index contributed by atoms with van der Waals surface area (Å²) in [5, 5.41) is 3.11. The lowest BCUT2D eigenvalue weighted by Gasteiger charge is -2.10. The van der Waals surface area contributed by atoms with Crippen LogP contribution >= 0.6 is 24.0 Å². The summed E-state index contributed by atoms with van der Waals surface area (Å²) < 4.78 is 16.0. The molecule has 0 atom stereocenters. The first-order chi connectivity index (χ1) is 11.2. The lowest BCUT2D eigenvalue weighted by Crippen LogP contribution is -2.33. The largest absolute Gasteiger partial charge is 0.493 e. The monoisotopic (exact) mass is 449 g/mol. The fourth-order valence-electron chi connectivity index (χ4n) is 2.19. The Morgan fingerprint density at radius 1 is 1.25 bits per heavy atom. The van der Waals surface area contributed by atoms with E-state index in [0.29, 0.717) is 25.7 Å².